The molecular formula is C8H8ClNO. The summed E-state index contributed by atoms with van der Waals surface area (Å²) in [5.74, 6) is 0. The van der Waals surface area contributed by atoms with Crippen LogP contribution in [0, 0.1) is 6.92 Å². The van der Waals surface area contributed by atoms with E-state index >= 15 is 0 Å². The molecule has 0 bridgehead atoms. The monoisotopic (exact) mass is 169 g/mol. The molecule has 0 fully saturated rings. The highest BCUT2D eigenvalue weighted by Crippen LogP contribution is 2.09. The number of hydrogen-bond acceptors (Lipinski definition) is 2. The Balaban J connectivity index is 3.40. The molecule has 0 amide bonds. The number of nitrogens with zero attached hydrogens (tertiary/aromatic N) is 1. The Labute approximate surface area is 69.8 Å². The second kappa shape index (κ2) is 3.39. The van der Waals surface area contributed by atoms with Crippen LogP contribution in [0.25, 0.3) is 0 Å². The first-order valence-electron chi connectivity index (χ1n) is 3.18. The quantitative estimate of drug-likeness (QED) is 0.467. The lowest BCUT2D eigenvalue weighted by atomic mass is 10.3. The van der Waals surface area contributed by atoms with Crippen LogP contribution in [0.2, 0.25) is 5.02 Å². The molecule has 0 aliphatic heterocycles. The lowest BCUT2D eigenvalue weighted by Gasteiger charge is -1.84. The van der Waals surface area contributed by atoms with Crippen molar-refractivity contribution in [1.82, 2.24) is 0 Å². The molecule has 0 saturated heterocycles. The van der Waals surface area contributed by atoms with Crippen molar-refractivity contribution in [3.05, 3.63) is 40.2 Å². The molecular weight excluding hydrogens is 162 g/mol. The molecule has 0 spiro atoms. The lowest BCUT2D eigenvalue weighted by Crippen LogP contribution is -1.93. The van der Waals surface area contributed by atoms with Gasteiger partial charge in [0.15, 0.2) is 0 Å². The number of rotatable bonds is 0. The summed E-state index contributed by atoms with van der Waals surface area (Å²) in [6.45, 7) is 1.89. The summed E-state index contributed by atoms with van der Waals surface area (Å²) in [5.41, 5.74) is 0.960. The second-order valence-corrected chi connectivity index (χ2v) is 2.63. The van der Waals surface area contributed by atoms with Gasteiger partial charge >= 0.3 is 0 Å². The van der Waals surface area contributed by atoms with Gasteiger partial charge in [0.25, 0.3) is 0 Å². The molecule has 0 unspecified atom stereocenters. The fraction of sp³-hybridized carbons (Fsp3) is 0.125. The SMILES string of the molecule is Cc1ccc(=NO)ccc1Cl. The van der Waals surface area contributed by atoms with Crippen molar-refractivity contribution < 1.29 is 5.21 Å². The van der Waals surface area contributed by atoms with Crippen LogP contribution in [-0.2, 0) is 0 Å². The predicted octanol–water partition coefficient (Wildman–Crippen LogP) is 1.94. The summed E-state index contributed by atoms with van der Waals surface area (Å²) in [6, 6.07) is 6.85. The molecule has 0 heterocycles. The van der Waals surface area contributed by atoms with Gasteiger partial charge in [-0.15, -0.1) is 0 Å². The zero-order chi connectivity index (χ0) is 8.27. The third-order valence-electron chi connectivity index (χ3n) is 1.40. The third kappa shape index (κ3) is 1.95. The van der Waals surface area contributed by atoms with E-state index in [-0.39, 0.29) is 0 Å². The summed E-state index contributed by atoms with van der Waals surface area (Å²) in [4.78, 5) is 0. The van der Waals surface area contributed by atoms with Crippen molar-refractivity contribution in [3.63, 3.8) is 0 Å². The maximum Gasteiger partial charge on any atom is 0.102 e. The standard InChI is InChI=1S/C8H8ClNO/c1-6-2-3-7(10-11)4-5-8(6)9/h2-5,11H,1H3. The highest BCUT2D eigenvalue weighted by molar-refractivity contribution is 6.31. The van der Waals surface area contributed by atoms with Crippen LogP contribution in [0.15, 0.2) is 29.4 Å². The molecule has 11 heavy (non-hydrogen) atoms. The Bertz CT molecular complexity index is 294. The zero-order valence-electron chi connectivity index (χ0n) is 6.08. The third-order valence-corrected chi connectivity index (χ3v) is 1.82. The maximum atomic E-state index is 8.41. The zero-order valence-corrected chi connectivity index (χ0v) is 6.84. The van der Waals surface area contributed by atoms with Crippen LogP contribution in [0.5, 0.6) is 0 Å². The molecule has 3 heteroatoms. The largest absolute Gasteiger partial charge is 0.410 e. The molecule has 1 rings (SSSR count). The molecule has 0 aliphatic carbocycles. The molecule has 1 aromatic rings. The van der Waals surface area contributed by atoms with E-state index in [2.05, 4.69) is 5.16 Å². The molecule has 0 aliphatic rings. The molecule has 0 radical (unpaired) electrons. The molecule has 0 atom stereocenters. The summed E-state index contributed by atoms with van der Waals surface area (Å²) in [5, 5.41) is 12.6. The van der Waals surface area contributed by atoms with E-state index in [1.807, 2.05) is 6.92 Å². The van der Waals surface area contributed by atoms with E-state index in [1.54, 1.807) is 24.3 Å². The van der Waals surface area contributed by atoms with E-state index in [1.165, 1.54) is 0 Å². The molecule has 1 N–H and O–H groups in total. The van der Waals surface area contributed by atoms with Crippen molar-refractivity contribution in [1.29, 1.82) is 0 Å². The second-order valence-electron chi connectivity index (χ2n) is 2.22. The number of aryl methyl sites for hydroxylation is 1. The van der Waals surface area contributed by atoms with Crippen molar-refractivity contribution in [2.24, 2.45) is 5.16 Å². The Morgan fingerprint density at radius 2 is 1.91 bits per heavy atom. The van der Waals surface area contributed by atoms with Gasteiger partial charge in [0.05, 0.1) is 0 Å². The summed E-state index contributed by atoms with van der Waals surface area (Å²) < 4.78 is 0. The Kier molecular flexibility index (Phi) is 2.49. The van der Waals surface area contributed by atoms with Crippen LogP contribution in [-0.4, -0.2) is 5.21 Å². The first-order chi connectivity index (χ1) is 5.24. The topological polar surface area (TPSA) is 32.6 Å². The average Bonchev–Trinajstić information content (AvgIpc) is 2.16. The van der Waals surface area contributed by atoms with Gasteiger partial charge < -0.3 is 5.21 Å². The Hall–Kier alpha value is -1.02. The summed E-state index contributed by atoms with van der Waals surface area (Å²) >= 11 is 5.80. The molecule has 0 aromatic heterocycles. The smallest absolute Gasteiger partial charge is 0.102 e. The van der Waals surface area contributed by atoms with Gasteiger partial charge in [0, 0.05) is 5.02 Å². The number of halogens is 1. The maximum absolute atomic E-state index is 8.41. The molecule has 58 valence electrons. The van der Waals surface area contributed by atoms with E-state index in [0.29, 0.717) is 10.4 Å². The summed E-state index contributed by atoms with van der Waals surface area (Å²) in [7, 11) is 0. The Morgan fingerprint density at radius 1 is 1.27 bits per heavy atom. The van der Waals surface area contributed by atoms with Gasteiger partial charge in [-0.05, 0) is 30.7 Å². The Morgan fingerprint density at radius 3 is 2.55 bits per heavy atom. The molecule has 0 saturated carbocycles. The van der Waals surface area contributed by atoms with Crippen LogP contribution < -0.4 is 5.36 Å². The molecule has 2 nitrogen and oxygen atoms in total. The van der Waals surface area contributed by atoms with E-state index < -0.39 is 0 Å². The van der Waals surface area contributed by atoms with E-state index in [9.17, 15) is 0 Å². The highest BCUT2D eigenvalue weighted by atomic mass is 35.5. The molecule has 1 aromatic carbocycles. The van der Waals surface area contributed by atoms with Gasteiger partial charge in [-0.3, -0.25) is 0 Å². The van der Waals surface area contributed by atoms with Gasteiger partial charge in [-0.25, -0.2) is 0 Å². The van der Waals surface area contributed by atoms with Crippen LogP contribution >= 0.6 is 11.6 Å². The van der Waals surface area contributed by atoms with Gasteiger partial charge in [-0.1, -0.05) is 22.8 Å². The summed E-state index contributed by atoms with van der Waals surface area (Å²) in [6.07, 6.45) is 0. The van der Waals surface area contributed by atoms with E-state index in [0.717, 1.165) is 5.56 Å². The van der Waals surface area contributed by atoms with Crippen molar-refractivity contribution in [2.45, 2.75) is 6.92 Å². The van der Waals surface area contributed by atoms with Gasteiger partial charge in [0.2, 0.25) is 0 Å². The van der Waals surface area contributed by atoms with Crippen molar-refractivity contribution in [2.75, 3.05) is 0 Å². The van der Waals surface area contributed by atoms with Crippen LogP contribution in [0.4, 0.5) is 0 Å². The minimum Gasteiger partial charge on any atom is -0.410 e. The van der Waals surface area contributed by atoms with Crippen LogP contribution in [0.1, 0.15) is 5.56 Å². The fourth-order valence-corrected chi connectivity index (χ4v) is 0.828. The first-order valence-corrected chi connectivity index (χ1v) is 3.56. The van der Waals surface area contributed by atoms with Crippen LogP contribution in [0.3, 0.4) is 0 Å². The number of hydrogen-bond donors (Lipinski definition) is 1. The highest BCUT2D eigenvalue weighted by Gasteiger charge is 1.88. The average molecular weight is 170 g/mol. The first kappa shape index (κ1) is 8.08. The minimum absolute atomic E-state index is 0.500. The minimum atomic E-state index is 0.500. The van der Waals surface area contributed by atoms with Crippen molar-refractivity contribution in [3.8, 4) is 0 Å². The van der Waals surface area contributed by atoms with Gasteiger partial charge in [0.1, 0.15) is 5.36 Å². The van der Waals surface area contributed by atoms with Gasteiger partial charge in [-0.2, -0.15) is 0 Å². The van der Waals surface area contributed by atoms with E-state index in [4.69, 9.17) is 16.8 Å². The predicted molar refractivity (Wildman–Crippen MR) is 43.5 cm³/mol. The normalized spacial score (nSPS) is 11.6. The van der Waals surface area contributed by atoms with Crippen molar-refractivity contribution >= 4 is 11.6 Å². The lowest BCUT2D eigenvalue weighted by molar-refractivity contribution is 0.302. The fourth-order valence-electron chi connectivity index (χ4n) is 0.702.